The highest BCUT2D eigenvalue weighted by Crippen LogP contribution is 2.53. The molecule has 11 rings (SSSR count). The number of aromatic nitrogens is 1. The first-order chi connectivity index (χ1) is 26.0. The van der Waals surface area contributed by atoms with Crippen LogP contribution >= 0.6 is 0 Å². The number of amidine groups is 2. The Kier molecular flexibility index (Phi) is 6.30. The van der Waals surface area contributed by atoms with E-state index in [0.29, 0.717) is 5.84 Å². The molecule has 7 aromatic carbocycles. The Labute approximate surface area is 306 Å². The molecular weight excluding hydrogens is 649 g/mol. The van der Waals surface area contributed by atoms with Gasteiger partial charge in [0.15, 0.2) is 5.84 Å². The van der Waals surface area contributed by atoms with Crippen LogP contribution in [0.15, 0.2) is 172 Å². The summed E-state index contributed by atoms with van der Waals surface area (Å²) in [4.78, 5) is 10.2. The van der Waals surface area contributed by atoms with Gasteiger partial charge < -0.3 is 14.3 Å². The summed E-state index contributed by atoms with van der Waals surface area (Å²) in [5.74, 6) is 1.49. The molecule has 3 heterocycles. The van der Waals surface area contributed by atoms with Gasteiger partial charge in [-0.15, -0.1) is 0 Å². The number of hydrogen-bond acceptors (Lipinski definition) is 4. The highest BCUT2D eigenvalue weighted by atomic mass is 16.3. The molecule has 53 heavy (non-hydrogen) atoms. The van der Waals surface area contributed by atoms with Crippen LogP contribution in [-0.2, 0) is 5.41 Å². The highest BCUT2D eigenvalue weighted by Gasteiger charge is 2.37. The molecule has 0 saturated carbocycles. The largest absolute Gasteiger partial charge is 0.456 e. The summed E-state index contributed by atoms with van der Waals surface area (Å²) in [6.07, 6.45) is -0.367. The van der Waals surface area contributed by atoms with Crippen molar-refractivity contribution in [2.24, 2.45) is 9.98 Å². The zero-order chi connectivity index (χ0) is 35.3. The summed E-state index contributed by atoms with van der Waals surface area (Å²) >= 11 is 0. The van der Waals surface area contributed by atoms with Crippen LogP contribution in [0.4, 0.5) is 0 Å². The third kappa shape index (κ3) is 4.37. The maximum atomic E-state index is 6.70. The van der Waals surface area contributed by atoms with Crippen molar-refractivity contribution in [3.8, 4) is 16.8 Å². The minimum Gasteiger partial charge on any atom is -0.456 e. The Bertz CT molecular complexity index is 3000. The van der Waals surface area contributed by atoms with Gasteiger partial charge in [-0.3, -0.25) is 0 Å². The third-order valence-electron chi connectivity index (χ3n) is 11.3. The van der Waals surface area contributed by atoms with Gasteiger partial charge in [0.2, 0.25) is 0 Å². The lowest BCUT2D eigenvalue weighted by atomic mass is 9.82. The molecule has 0 radical (unpaired) electrons. The van der Waals surface area contributed by atoms with E-state index >= 15 is 0 Å². The van der Waals surface area contributed by atoms with Gasteiger partial charge in [0.1, 0.15) is 23.2 Å². The molecule has 9 aromatic rings. The van der Waals surface area contributed by atoms with E-state index in [1.54, 1.807) is 0 Å². The first-order valence-corrected chi connectivity index (χ1v) is 18.2. The molecule has 0 spiro atoms. The van der Waals surface area contributed by atoms with Crippen molar-refractivity contribution in [3.63, 3.8) is 0 Å². The second kappa shape index (κ2) is 11.1. The number of aliphatic imine (C=N–C) groups is 2. The van der Waals surface area contributed by atoms with Crippen LogP contribution in [0.3, 0.4) is 0 Å². The van der Waals surface area contributed by atoms with Crippen molar-refractivity contribution in [2.75, 3.05) is 0 Å². The average Bonchev–Trinajstić information content (AvgIpc) is 3.83. The van der Waals surface area contributed by atoms with E-state index in [1.807, 2.05) is 36.4 Å². The zero-order valence-electron chi connectivity index (χ0n) is 29.3. The molecule has 0 bridgehead atoms. The third-order valence-corrected chi connectivity index (χ3v) is 11.3. The molecule has 1 unspecified atom stereocenters. The van der Waals surface area contributed by atoms with Gasteiger partial charge in [-0.2, -0.15) is 0 Å². The maximum Gasteiger partial charge on any atom is 0.159 e. The maximum absolute atomic E-state index is 6.70. The van der Waals surface area contributed by atoms with E-state index < -0.39 is 0 Å². The van der Waals surface area contributed by atoms with E-state index in [-0.39, 0.29) is 11.6 Å². The Balaban J connectivity index is 1.09. The molecular formula is C48H34N4O. The summed E-state index contributed by atoms with van der Waals surface area (Å²) in [6.45, 7) is 4.69. The quantitative estimate of drug-likeness (QED) is 0.201. The van der Waals surface area contributed by atoms with Crippen molar-refractivity contribution < 1.29 is 4.42 Å². The number of para-hydroxylation sites is 1. The van der Waals surface area contributed by atoms with E-state index in [9.17, 15) is 0 Å². The van der Waals surface area contributed by atoms with Gasteiger partial charge in [-0.25, -0.2) is 9.98 Å². The molecule has 5 heteroatoms. The Morgan fingerprint density at radius 1 is 0.604 bits per heavy atom. The van der Waals surface area contributed by atoms with E-state index in [1.165, 1.54) is 44.1 Å². The second-order valence-electron chi connectivity index (χ2n) is 14.6. The lowest BCUT2D eigenvalue weighted by Gasteiger charge is -2.24. The molecule has 5 nitrogen and oxygen atoms in total. The number of fused-ring (bicyclic) bond motifs is 10. The van der Waals surface area contributed by atoms with Gasteiger partial charge in [-0.1, -0.05) is 135 Å². The molecule has 1 aliphatic heterocycles. The molecule has 1 N–H and O–H groups in total. The minimum absolute atomic E-state index is 0.0684. The predicted octanol–water partition coefficient (Wildman–Crippen LogP) is 11.5. The van der Waals surface area contributed by atoms with Crippen LogP contribution in [0.5, 0.6) is 0 Å². The van der Waals surface area contributed by atoms with Crippen LogP contribution in [-0.4, -0.2) is 16.2 Å². The van der Waals surface area contributed by atoms with Crippen molar-refractivity contribution in [3.05, 3.63) is 186 Å². The fraction of sp³-hybridized carbons (Fsp3) is 0.0833. The van der Waals surface area contributed by atoms with E-state index in [0.717, 1.165) is 50.2 Å². The molecule has 252 valence electrons. The molecule has 0 amide bonds. The van der Waals surface area contributed by atoms with Crippen molar-refractivity contribution in [1.82, 2.24) is 9.88 Å². The normalized spacial score (nSPS) is 16.1. The van der Waals surface area contributed by atoms with Gasteiger partial charge in [-0.05, 0) is 52.6 Å². The number of nitrogens with one attached hydrogen (secondary N) is 1. The van der Waals surface area contributed by atoms with Crippen molar-refractivity contribution in [1.29, 1.82) is 0 Å². The van der Waals surface area contributed by atoms with E-state index in [2.05, 4.69) is 145 Å². The molecule has 1 atom stereocenters. The van der Waals surface area contributed by atoms with Crippen LogP contribution in [0.2, 0.25) is 0 Å². The lowest BCUT2D eigenvalue weighted by molar-refractivity contribution is 0.661. The molecule has 2 aliphatic rings. The highest BCUT2D eigenvalue weighted by molar-refractivity contribution is 6.18. The molecule has 0 saturated heterocycles. The summed E-state index contributed by atoms with van der Waals surface area (Å²) in [5.41, 5.74) is 13.5. The van der Waals surface area contributed by atoms with Crippen molar-refractivity contribution >= 4 is 55.4 Å². The number of rotatable bonds is 4. The predicted molar refractivity (Wildman–Crippen MR) is 217 cm³/mol. The monoisotopic (exact) mass is 682 g/mol. The van der Waals surface area contributed by atoms with Crippen LogP contribution in [0.1, 0.15) is 47.8 Å². The van der Waals surface area contributed by atoms with Crippen LogP contribution in [0.25, 0.3) is 60.6 Å². The second-order valence-corrected chi connectivity index (χ2v) is 14.6. The van der Waals surface area contributed by atoms with Crippen molar-refractivity contribution in [2.45, 2.75) is 25.4 Å². The van der Waals surface area contributed by atoms with E-state index in [4.69, 9.17) is 14.4 Å². The van der Waals surface area contributed by atoms with Gasteiger partial charge in [0.25, 0.3) is 0 Å². The molecule has 2 aromatic heterocycles. The summed E-state index contributed by atoms with van der Waals surface area (Å²) in [5, 5.41) is 8.32. The minimum atomic E-state index is -0.367. The van der Waals surface area contributed by atoms with Crippen LogP contribution < -0.4 is 5.32 Å². The number of hydrogen-bond donors (Lipinski definition) is 1. The Morgan fingerprint density at radius 3 is 2.21 bits per heavy atom. The molecule has 0 fully saturated rings. The first-order valence-electron chi connectivity index (χ1n) is 18.2. The van der Waals surface area contributed by atoms with Gasteiger partial charge in [0, 0.05) is 55.4 Å². The SMILES string of the molecule is CC1(C)c2ccccc2-c2c1ccc1c2c2ccccc2n1-c1ccc2c(c1)oc1cccc(C3N=C(c4ccccc4)N=C(c4ccccc4)N3)c12. The fourth-order valence-corrected chi connectivity index (χ4v) is 8.81. The van der Waals surface area contributed by atoms with Crippen LogP contribution in [0, 0.1) is 0 Å². The Morgan fingerprint density at radius 2 is 1.36 bits per heavy atom. The smallest absolute Gasteiger partial charge is 0.159 e. The number of furan rings is 1. The first kappa shape index (κ1) is 30.0. The molecule has 1 aliphatic carbocycles. The number of nitrogens with zero attached hydrogens (tertiary/aromatic N) is 3. The lowest BCUT2D eigenvalue weighted by Crippen LogP contribution is -2.33. The summed E-state index contributed by atoms with van der Waals surface area (Å²) < 4.78 is 9.09. The standard InChI is InChI=1S/C48H34N4O/c1-48(2)36-21-11-9-18-32(36)43-37(48)26-27-39-44(43)33-19-10-12-22-38(33)52(39)31-24-25-34-41(28-31)53-40-23-13-20-35(42(34)40)47-50-45(29-14-5-3-6-15-29)49-46(51-47)30-16-7-4-8-17-30/h3-28,47H,1-2H3,(H,49,50,51). The fourth-order valence-electron chi connectivity index (χ4n) is 8.81. The topological polar surface area (TPSA) is 54.8 Å². The number of benzene rings is 7. The Hall–Kier alpha value is -6.72. The zero-order valence-corrected chi connectivity index (χ0v) is 29.3. The average molecular weight is 683 g/mol. The van der Waals surface area contributed by atoms with Gasteiger partial charge in [0.05, 0.1) is 11.0 Å². The van der Waals surface area contributed by atoms with Gasteiger partial charge >= 0.3 is 0 Å². The summed E-state index contributed by atoms with van der Waals surface area (Å²) in [7, 11) is 0. The summed E-state index contributed by atoms with van der Waals surface area (Å²) in [6, 6.07) is 55.7.